The second-order valence-corrected chi connectivity index (χ2v) is 16.5. The van der Waals surface area contributed by atoms with Gasteiger partial charge in [0.1, 0.15) is 23.0 Å². The van der Waals surface area contributed by atoms with Crippen molar-refractivity contribution in [2.45, 2.75) is 0 Å². The molecule has 0 aliphatic heterocycles. The molecule has 0 aliphatic carbocycles. The van der Waals surface area contributed by atoms with Crippen LogP contribution in [-0.2, 0) is 0 Å². The van der Waals surface area contributed by atoms with Crippen LogP contribution >= 0.6 is 35.8 Å². The Morgan fingerprint density at radius 2 is 0.518 bits per heavy atom. The zero-order valence-electron chi connectivity index (χ0n) is 29.7. The first kappa shape index (κ1) is 34.9. The number of benzene rings is 6. The van der Waals surface area contributed by atoms with Gasteiger partial charge in [-0.1, -0.05) is 84.9 Å². The Balaban J connectivity index is 1.08. The molecule has 0 fully saturated rings. The minimum Gasteiger partial charge on any atom is -0.455 e. The number of para-hydroxylation sites is 4. The Morgan fingerprint density at radius 1 is 0.268 bits per heavy atom. The molecule has 10 aromatic rings. The molecule has 274 valence electrons. The van der Waals surface area contributed by atoms with E-state index >= 15 is 0 Å². The molecule has 4 heterocycles. The van der Waals surface area contributed by atoms with Crippen LogP contribution in [0.3, 0.4) is 0 Å². The van der Waals surface area contributed by atoms with Gasteiger partial charge in [0, 0.05) is 24.8 Å². The Morgan fingerprint density at radius 3 is 0.786 bits per heavy atom. The summed E-state index contributed by atoms with van der Waals surface area (Å²) in [5.74, 6) is 2.63. The number of hydrogen-bond donors (Lipinski definition) is 0. The van der Waals surface area contributed by atoms with E-state index in [0.717, 1.165) is 54.7 Å². The molecule has 6 aromatic carbocycles. The Bertz CT molecular complexity index is 2590. The van der Waals surface area contributed by atoms with Crippen LogP contribution in [0.5, 0.6) is 23.0 Å². The van der Waals surface area contributed by atoms with E-state index in [-0.39, 0.29) is 35.8 Å². The molecular formula is C44H34N4O4P4. The van der Waals surface area contributed by atoms with E-state index in [1.807, 2.05) is 36.4 Å². The first-order valence-electron chi connectivity index (χ1n) is 18.0. The summed E-state index contributed by atoms with van der Waals surface area (Å²) in [5.41, 5.74) is 5.94. The largest absolute Gasteiger partial charge is 0.455 e. The average Bonchev–Trinajstić information content (AvgIpc) is 4.06. The molecule has 12 heteroatoms. The Kier molecular flexibility index (Phi) is 9.65. The first-order chi connectivity index (χ1) is 27.8. The van der Waals surface area contributed by atoms with Gasteiger partial charge in [0.15, 0.2) is 35.8 Å². The fourth-order valence-corrected chi connectivity index (χ4v) is 10.1. The van der Waals surface area contributed by atoms with E-state index < -0.39 is 0 Å². The highest BCUT2D eigenvalue weighted by Gasteiger charge is 2.24. The van der Waals surface area contributed by atoms with Gasteiger partial charge in [0.05, 0.1) is 33.2 Å². The molecule has 0 spiro atoms. The van der Waals surface area contributed by atoms with Crippen molar-refractivity contribution in [3.05, 3.63) is 183 Å². The quantitative estimate of drug-likeness (QED) is 0.109. The third kappa shape index (κ3) is 6.81. The molecule has 0 radical (unpaired) electrons. The predicted molar refractivity (Wildman–Crippen MR) is 237 cm³/mol. The van der Waals surface area contributed by atoms with Crippen LogP contribution in [0.2, 0.25) is 0 Å². The van der Waals surface area contributed by atoms with Crippen LogP contribution in [0.4, 0.5) is 0 Å². The summed E-state index contributed by atoms with van der Waals surface area (Å²) in [7, 11) is -0.106. The molecule has 0 bridgehead atoms. The molecule has 0 saturated carbocycles. The summed E-state index contributed by atoms with van der Waals surface area (Å²) in [6.45, 7) is 0. The summed E-state index contributed by atoms with van der Waals surface area (Å²) in [5, 5.41) is 4.64. The summed E-state index contributed by atoms with van der Waals surface area (Å²) in [6.07, 6.45) is 8.27. The molecular weight excluding hydrogens is 772 g/mol. The van der Waals surface area contributed by atoms with E-state index in [2.05, 4.69) is 163 Å². The topological polar surface area (TPSA) is 56.6 Å². The Hall–Kier alpha value is -5.60. The lowest BCUT2D eigenvalue weighted by Crippen LogP contribution is -1.98. The summed E-state index contributed by atoms with van der Waals surface area (Å²) >= 11 is 0. The van der Waals surface area contributed by atoms with Crippen LogP contribution < -0.4 is 18.1 Å². The van der Waals surface area contributed by atoms with Gasteiger partial charge in [-0.3, -0.25) is 17.4 Å². The first-order valence-corrected chi connectivity index (χ1v) is 21.4. The van der Waals surface area contributed by atoms with Crippen molar-refractivity contribution in [3.63, 3.8) is 0 Å². The summed E-state index contributed by atoms with van der Waals surface area (Å²) < 4.78 is 35.8. The SMILES string of the molecule is c1cc(OPn2ccc3ccccc32)c(-c2c(OPn3ccc4ccccc43)cccc2OPn2ccc3ccccc32)c(OPn2ccc3ccccc32)c1. The van der Waals surface area contributed by atoms with E-state index in [0.29, 0.717) is 23.0 Å². The van der Waals surface area contributed by atoms with Crippen molar-refractivity contribution < 1.29 is 18.1 Å². The second-order valence-electron chi connectivity index (χ2n) is 13.0. The van der Waals surface area contributed by atoms with Crippen LogP contribution in [0.25, 0.3) is 54.7 Å². The Labute approximate surface area is 330 Å². The van der Waals surface area contributed by atoms with Gasteiger partial charge in [0.25, 0.3) is 0 Å². The van der Waals surface area contributed by atoms with Crippen molar-refractivity contribution in [2.24, 2.45) is 0 Å². The zero-order chi connectivity index (χ0) is 37.3. The van der Waals surface area contributed by atoms with Gasteiger partial charge >= 0.3 is 0 Å². The number of fused-ring (bicyclic) bond motifs is 4. The highest BCUT2D eigenvalue weighted by atomic mass is 31.1. The maximum Gasteiger partial charge on any atom is 0.181 e. The predicted octanol–water partition coefficient (Wildman–Crippen LogP) is 12.9. The second kappa shape index (κ2) is 15.5. The molecule has 8 nitrogen and oxygen atoms in total. The van der Waals surface area contributed by atoms with Crippen molar-refractivity contribution in [1.29, 1.82) is 0 Å². The molecule has 4 atom stereocenters. The fraction of sp³-hybridized carbons (Fsp3) is 0. The van der Waals surface area contributed by atoms with Crippen LogP contribution in [0.1, 0.15) is 0 Å². The van der Waals surface area contributed by atoms with E-state index in [1.165, 1.54) is 0 Å². The van der Waals surface area contributed by atoms with E-state index in [9.17, 15) is 0 Å². The zero-order valence-corrected chi connectivity index (χ0v) is 33.7. The summed E-state index contributed by atoms with van der Waals surface area (Å²) in [6, 6.07) is 53.7. The minimum atomic E-state index is -0.0266. The number of nitrogens with zero attached hydrogens (tertiary/aromatic N) is 4. The smallest absolute Gasteiger partial charge is 0.181 e. The fourth-order valence-electron chi connectivity index (χ4n) is 6.90. The van der Waals surface area contributed by atoms with Crippen molar-refractivity contribution in [3.8, 4) is 34.1 Å². The average molecular weight is 807 g/mol. The highest BCUT2D eigenvalue weighted by Crippen LogP contribution is 2.52. The standard InChI is InChI=1S/C44H34N4O4P4/c1-5-15-35-31(11-1)23-27-45(35)53-49-39-19-9-20-40(50-54-46-28-24-32-12-2-6-16-36(32)46)43(39)44-41(51-55-47-29-25-33-13-3-7-17-37(33)47)21-10-22-42(44)52-56-48-30-26-34-14-4-8-18-38(34)48/h1-30,53-56H. The number of aromatic nitrogens is 4. The molecule has 0 aliphatic rings. The van der Waals surface area contributed by atoms with Crippen LogP contribution in [-0.4, -0.2) is 17.4 Å². The maximum absolute atomic E-state index is 6.81. The third-order valence-electron chi connectivity index (χ3n) is 9.64. The normalized spacial score (nSPS) is 12.4. The molecule has 0 amide bonds. The lowest BCUT2D eigenvalue weighted by atomic mass is 10.0. The lowest BCUT2D eigenvalue weighted by molar-refractivity contribution is 0.584. The molecule has 0 N–H and O–H groups in total. The van der Waals surface area contributed by atoms with Gasteiger partial charge in [-0.2, -0.15) is 0 Å². The van der Waals surface area contributed by atoms with Gasteiger partial charge in [-0.15, -0.1) is 0 Å². The molecule has 4 unspecified atom stereocenters. The van der Waals surface area contributed by atoms with Gasteiger partial charge in [-0.05, 0) is 94.3 Å². The minimum absolute atomic E-state index is 0.0266. The monoisotopic (exact) mass is 806 g/mol. The van der Waals surface area contributed by atoms with Crippen molar-refractivity contribution >= 4 is 79.4 Å². The highest BCUT2D eigenvalue weighted by molar-refractivity contribution is 7.32. The van der Waals surface area contributed by atoms with Crippen LogP contribution in [0.15, 0.2) is 183 Å². The van der Waals surface area contributed by atoms with Crippen LogP contribution in [0, 0.1) is 0 Å². The lowest BCUT2D eigenvalue weighted by Gasteiger charge is -2.21. The maximum atomic E-state index is 6.81. The molecule has 4 aromatic heterocycles. The van der Waals surface area contributed by atoms with Crippen molar-refractivity contribution in [1.82, 2.24) is 17.4 Å². The van der Waals surface area contributed by atoms with Gasteiger partial charge in [-0.25, -0.2) is 0 Å². The van der Waals surface area contributed by atoms with Gasteiger partial charge < -0.3 is 18.1 Å². The third-order valence-corrected chi connectivity index (χ3v) is 13.2. The number of rotatable bonds is 13. The van der Waals surface area contributed by atoms with E-state index in [4.69, 9.17) is 18.1 Å². The molecule has 0 saturated heterocycles. The van der Waals surface area contributed by atoms with E-state index in [1.54, 1.807) is 0 Å². The number of hydrogen-bond acceptors (Lipinski definition) is 4. The van der Waals surface area contributed by atoms with Crippen molar-refractivity contribution in [2.75, 3.05) is 0 Å². The molecule has 56 heavy (non-hydrogen) atoms. The van der Waals surface area contributed by atoms with Gasteiger partial charge in [0.2, 0.25) is 0 Å². The summed E-state index contributed by atoms with van der Waals surface area (Å²) in [4.78, 5) is 0. The molecule has 10 rings (SSSR count).